The monoisotopic (exact) mass is 508 g/mol. The molecule has 2 rings (SSSR count). The Labute approximate surface area is 181 Å². The van der Waals surface area contributed by atoms with E-state index in [1.165, 1.54) is 4.88 Å². The van der Waals surface area contributed by atoms with Gasteiger partial charge in [0.1, 0.15) is 11.9 Å². The molecule has 0 aliphatic heterocycles. The van der Waals surface area contributed by atoms with E-state index in [1.807, 2.05) is 38.1 Å². The van der Waals surface area contributed by atoms with Gasteiger partial charge in [0.15, 0.2) is 5.96 Å². The number of nitrogens with one attached hydrogen (secondary N) is 2. The molecule has 26 heavy (non-hydrogen) atoms. The molecule has 2 N–H and O–H groups in total. The van der Waals surface area contributed by atoms with Crippen molar-refractivity contribution in [3.05, 3.63) is 44.9 Å². The Bertz CT molecular complexity index is 706. The second-order valence-corrected chi connectivity index (χ2v) is 7.48. The molecular weight excluding hydrogens is 483 g/mol. The van der Waals surface area contributed by atoms with Crippen LogP contribution in [0.5, 0.6) is 5.75 Å². The van der Waals surface area contributed by atoms with Crippen molar-refractivity contribution >= 4 is 52.9 Å². The van der Waals surface area contributed by atoms with Gasteiger partial charge >= 0.3 is 0 Å². The average molecular weight is 509 g/mol. The zero-order valence-corrected chi connectivity index (χ0v) is 19.4. The van der Waals surface area contributed by atoms with E-state index in [0.717, 1.165) is 35.4 Å². The highest BCUT2D eigenvalue weighted by atomic mass is 127. The summed E-state index contributed by atoms with van der Waals surface area (Å²) >= 11 is 7.63. The smallest absolute Gasteiger partial charge is 0.191 e. The maximum atomic E-state index is 5.88. The first-order valence-electron chi connectivity index (χ1n) is 8.27. The lowest BCUT2D eigenvalue weighted by molar-refractivity contribution is 0.224. The van der Waals surface area contributed by atoms with Gasteiger partial charge in [-0.15, -0.1) is 35.3 Å². The second kappa shape index (κ2) is 11.6. The van der Waals surface area contributed by atoms with E-state index in [1.54, 1.807) is 18.4 Å². The Kier molecular flexibility index (Phi) is 10.3. The number of ether oxygens (including phenoxy) is 1. The molecule has 0 fully saturated rings. The zero-order chi connectivity index (χ0) is 18.2. The van der Waals surface area contributed by atoms with E-state index < -0.39 is 0 Å². The summed E-state index contributed by atoms with van der Waals surface area (Å²) in [7, 11) is 1.77. The lowest BCUT2D eigenvalue weighted by atomic mass is 10.3. The number of hydrogen-bond donors (Lipinski definition) is 2. The number of guanidine groups is 1. The number of aromatic nitrogens is 1. The van der Waals surface area contributed by atoms with E-state index in [2.05, 4.69) is 27.5 Å². The number of benzene rings is 1. The summed E-state index contributed by atoms with van der Waals surface area (Å²) in [4.78, 5) is 10.0. The Hall–Kier alpha value is -1.06. The van der Waals surface area contributed by atoms with Crippen molar-refractivity contribution in [1.29, 1.82) is 0 Å². The Morgan fingerprint density at radius 3 is 2.54 bits per heavy atom. The molecule has 8 heteroatoms. The standard InChI is InChI=1S/C18H25ClN4OS.HI/c1-12(24-16-7-5-15(19)6-8-16)11-22-18(20-4)21-10-9-17-13(2)23-14(3)25-17;/h5-8,12H,9-11H2,1-4H3,(H2,20,21,22);1H. The molecule has 0 aliphatic carbocycles. The molecule has 0 aliphatic rings. The molecular formula is C18H26ClIN4OS. The van der Waals surface area contributed by atoms with Crippen LogP contribution in [0.3, 0.4) is 0 Å². The second-order valence-electron chi connectivity index (χ2n) is 5.75. The first kappa shape index (κ1) is 23.0. The van der Waals surface area contributed by atoms with Gasteiger partial charge in [0.25, 0.3) is 0 Å². The number of hydrogen-bond acceptors (Lipinski definition) is 4. The van der Waals surface area contributed by atoms with Crippen molar-refractivity contribution in [3.63, 3.8) is 0 Å². The molecule has 2 aromatic rings. The van der Waals surface area contributed by atoms with Gasteiger partial charge in [-0.2, -0.15) is 0 Å². The predicted octanol–water partition coefficient (Wildman–Crippen LogP) is 4.21. The maximum absolute atomic E-state index is 5.88. The zero-order valence-electron chi connectivity index (χ0n) is 15.5. The van der Waals surface area contributed by atoms with Crippen LogP contribution in [0.1, 0.15) is 22.5 Å². The number of rotatable bonds is 7. The third-order valence-corrected chi connectivity index (χ3v) is 4.96. The molecule has 0 radical (unpaired) electrons. The summed E-state index contributed by atoms with van der Waals surface area (Å²) in [5.74, 6) is 1.57. The molecule has 0 saturated heterocycles. The Morgan fingerprint density at radius 1 is 1.27 bits per heavy atom. The molecule has 5 nitrogen and oxygen atoms in total. The predicted molar refractivity (Wildman–Crippen MR) is 122 cm³/mol. The van der Waals surface area contributed by atoms with Crippen LogP contribution in [0.25, 0.3) is 0 Å². The number of aliphatic imine (C=N–C) groups is 1. The lowest BCUT2D eigenvalue weighted by Crippen LogP contribution is -2.42. The van der Waals surface area contributed by atoms with E-state index in [4.69, 9.17) is 16.3 Å². The molecule has 1 aromatic heterocycles. The normalized spacial score (nSPS) is 12.3. The molecule has 0 saturated carbocycles. The summed E-state index contributed by atoms with van der Waals surface area (Å²) < 4.78 is 5.85. The van der Waals surface area contributed by atoms with Crippen molar-refractivity contribution in [3.8, 4) is 5.75 Å². The van der Waals surface area contributed by atoms with E-state index >= 15 is 0 Å². The summed E-state index contributed by atoms with van der Waals surface area (Å²) in [5.41, 5.74) is 1.12. The van der Waals surface area contributed by atoms with Crippen molar-refractivity contribution < 1.29 is 4.74 Å². The number of nitrogens with zero attached hydrogens (tertiary/aromatic N) is 2. The molecule has 1 heterocycles. The van der Waals surface area contributed by atoms with Crippen LogP contribution in [-0.4, -0.2) is 37.2 Å². The summed E-state index contributed by atoms with van der Waals surface area (Å²) in [6, 6.07) is 7.37. The number of thiazole rings is 1. The Balaban J connectivity index is 0.00000338. The fraction of sp³-hybridized carbons (Fsp3) is 0.444. The van der Waals surface area contributed by atoms with Gasteiger partial charge in [-0.1, -0.05) is 11.6 Å². The van der Waals surface area contributed by atoms with Crippen LogP contribution in [-0.2, 0) is 6.42 Å². The van der Waals surface area contributed by atoms with Crippen LogP contribution in [0.2, 0.25) is 5.02 Å². The topological polar surface area (TPSA) is 58.5 Å². The quantitative estimate of drug-likeness (QED) is 0.334. The van der Waals surface area contributed by atoms with Crippen molar-refractivity contribution in [2.24, 2.45) is 4.99 Å². The van der Waals surface area contributed by atoms with E-state index in [-0.39, 0.29) is 30.1 Å². The van der Waals surface area contributed by atoms with Gasteiger partial charge < -0.3 is 15.4 Å². The lowest BCUT2D eigenvalue weighted by Gasteiger charge is -2.17. The molecule has 144 valence electrons. The van der Waals surface area contributed by atoms with Crippen molar-refractivity contribution in [2.45, 2.75) is 33.3 Å². The van der Waals surface area contributed by atoms with Crippen LogP contribution in [0, 0.1) is 13.8 Å². The summed E-state index contributed by atoms with van der Waals surface area (Å²) in [6.45, 7) is 7.58. The summed E-state index contributed by atoms with van der Waals surface area (Å²) in [6.07, 6.45) is 0.945. The van der Waals surface area contributed by atoms with Crippen LogP contribution >= 0.6 is 46.9 Å². The average Bonchev–Trinajstić information content (AvgIpc) is 2.90. The van der Waals surface area contributed by atoms with Crippen LogP contribution in [0.15, 0.2) is 29.3 Å². The number of halogens is 2. The molecule has 0 amide bonds. The third-order valence-electron chi connectivity index (χ3n) is 3.58. The Morgan fingerprint density at radius 2 is 1.96 bits per heavy atom. The molecule has 0 bridgehead atoms. The largest absolute Gasteiger partial charge is 0.489 e. The first-order chi connectivity index (χ1) is 12.0. The highest BCUT2D eigenvalue weighted by molar-refractivity contribution is 14.0. The highest BCUT2D eigenvalue weighted by Gasteiger charge is 2.07. The van der Waals surface area contributed by atoms with Gasteiger partial charge in [-0.05, 0) is 45.0 Å². The van der Waals surface area contributed by atoms with Crippen LogP contribution < -0.4 is 15.4 Å². The van der Waals surface area contributed by atoms with Gasteiger partial charge in [0.2, 0.25) is 0 Å². The molecule has 0 spiro atoms. The van der Waals surface area contributed by atoms with Gasteiger partial charge in [0.05, 0.1) is 17.2 Å². The van der Waals surface area contributed by atoms with Crippen molar-refractivity contribution in [1.82, 2.24) is 15.6 Å². The first-order valence-corrected chi connectivity index (χ1v) is 9.47. The fourth-order valence-electron chi connectivity index (χ4n) is 2.35. The molecule has 1 unspecified atom stereocenters. The third kappa shape index (κ3) is 7.67. The van der Waals surface area contributed by atoms with Gasteiger partial charge in [-0.3, -0.25) is 4.99 Å². The van der Waals surface area contributed by atoms with E-state index in [9.17, 15) is 0 Å². The SMILES string of the molecule is CN=C(NCCc1sc(C)nc1C)NCC(C)Oc1ccc(Cl)cc1.I. The summed E-state index contributed by atoms with van der Waals surface area (Å²) in [5, 5.41) is 8.43. The number of aryl methyl sites for hydroxylation is 2. The molecule has 1 aromatic carbocycles. The van der Waals surface area contributed by atoms with Gasteiger partial charge in [0, 0.05) is 29.9 Å². The minimum absolute atomic E-state index is 0. The van der Waals surface area contributed by atoms with Gasteiger partial charge in [-0.25, -0.2) is 4.98 Å². The maximum Gasteiger partial charge on any atom is 0.191 e. The highest BCUT2D eigenvalue weighted by Crippen LogP contribution is 2.17. The minimum atomic E-state index is 0. The van der Waals surface area contributed by atoms with E-state index in [0.29, 0.717) is 11.6 Å². The minimum Gasteiger partial charge on any atom is -0.489 e. The molecule has 1 atom stereocenters. The van der Waals surface area contributed by atoms with Crippen molar-refractivity contribution in [2.75, 3.05) is 20.1 Å². The fourth-order valence-corrected chi connectivity index (χ4v) is 3.41. The van der Waals surface area contributed by atoms with Crippen LogP contribution in [0.4, 0.5) is 0 Å².